The predicted octanol–water partition coefficient (Wildman–Crippen LogP) is 3.15. The molecule has 0 aromatic carbocycles. The third-order valence-electron chi connectivity index (χ3n) is 2.87. The molecule has 0 unspecified atom stereocenters. The summed E-state index contributed by atoms with van der Waals surface area (Å²) >= 11 is 1.63. The van der Waals surface area contributed by atoms with Crippen molar-refractivity contribution >= 4 is 22.8 Å². The average Bonchev–Trinajstić information content (AvgIpc) is 2.74. The SMILES string of the molecule is Cc1cc(CNc2nccc(C#N)c2[N+](=O)[O-])sc1C. The Labute approximate surface area is 119 Å². The van der Waals surface area contributed by atoms with Crippen LogP contribution in [0, 0.1) is 35.3 Å². The van der Waals surface area contributed by atoms with Gasteiger partial charge in [0.25, 0.3) is 0 Å². The smallest absolute Gasteiger partial charge is 0.328 e. The Morgan fingerprint density at radius 2 is 2.30 bits per heavy atom. The first kappa shape index (κ1) is 14.0. The van der Waals surface area contributed by atoms with E-state index < -0.39 is 4.92 Å². The molecule has 0 fully saturated rings. The van der Waals surface area contributed by atoms with Gasteiger partial charge in [-0.3, -0.25) is 10.1 Å². The van der Waals surface area contributed by atoms with Crippen LogP contribution in [-0.4, -0.2) is 9.91 Å². The van der Waals surface area contributed by atoms with Gasteiger partial charge in [-0.1, -0.05) is 0 Å². The second-order valence-corrected chi connectivity index (χ2v) is 5.57. The van der Waals surface area contributed by atoms with E-state index in [2.05, 4.69) is 10.3 Å². The van der Waals surface area contributed by atoms with Gasteiger partial charge in [-0.2, -0.15) is 5.26 Å². The highest BCUT2D eigenvalue weighted by molar-refractivity contribution is 7.12. The minimum Gasteiger partial charge on any atom is -0.359 e. The molecule has 0 aliphatic heterocycles. The fourth-order valence-corrected chi connectivity index (χ4v) is 2.76. The highest BCUT2D eigenvalue weighted by Gasteiger charge is 2.20. The summed E-state index contributed by atoms with van der Waals surface area (Å²) in [5.74, 6) is 0.123. The van der Waals surface area contributed by atoms with Crippen LogP contribution in [0.4, 0.5) is 11.5 Å². The van der Waals surface area contributed by atoms with Gasteiger partial charge in [0.1, 0.15) is 11.6 Å². The predicted molar refractivity (Wildman–Crippen MR) is 76.7 cm³/mol. The average molecular weight is 288 g/mol. The van der Waals surface area contributed by atoms with E-state index in [0.717, 1.165) is 4.88 Å². The second kappa shape index (κ2) is 5.67. The molecule has 0 radical (unpaired) electrons. The quantitative estimate of drug-likeness (QED) is 0.689. The van der Waals surface area contributed by atoms with Crippen molar-refractivity contribution in [2.75, 3.05) is 5.32 Å². The fourth-order valence-electron chi connectivity index (χ4n) is 1.77. The van der Waals surface area contributed by atoms with Crippen LogP contribution in [0.1, 0.15) is 20.9 Å². The molecule has 2 rings (SSSR count). The van der Waals surface area contributed by atoms with Crippen molar-refractivity contribution in [1.29, 1.82) is 5.26 Å². The number of nitriles is 1. The zero-order chi connectivity index (χ0) is 14.7. The lowest BCUT2D eigenvalue weighted by molar-refractivity contribution is -0.384. The maximum absolute atomic E-state index is 11.0. The number of nitrogens with zero attached hydrogens (tertiary/aromatic N) is 3. The largest absolute Gasteiger partial charge is 0.359 e. The molecule has 0 saturated heterocycles. The van der Waals surface area contributed by atoms with Crippen LogP contribution >= 0.6 is 11.3 Å². The van der Waals surface area contributed by atoms with E-state index in [-0.39, 0.29) is 17.1 Å². The summed E-state index contributed by atoms with van der Waals surface area (Å²) in [4.78, 5) is 16.7. The molecule has 102 valence electrons. The van der Waals surface area contributed by atoms with E-state index >= 15 is 0 Å². The molecule has 0 atom stereocenters. The zero-order valence-electron chi connectivity index (χ0n) is 11.0. The van der Waals surface area contributed by atoms with Gasteiger partial charge in [0.15, 0.2) is 0 Å². The summed E-state index contributed by atoms with van der Waals surface area (Å²) in [5.41, 5.74) is 0.922. The number of thiophene rings is 1. The third kappa shape index (κ3) is 2.75. The van der Waals surface area contributed by atoms with E-state index in [1.807, 2.05) is 26.0 Å². The van der Waals surface area contributed by atoms with Crippen molar-refractivity contribution in [3.63, 3.8) is 0 Å². The molecule has 0 spiro atoms. The number of anilines is 1. The molecule has 1 N–H and O–H groups in total. The molecule has 2 aromatic heterocycles. The van der Waals surface area contributed by atoms with Gasteiger partial charge in [-0.15, -0.1) is 11.3 Å². The second-order valence-electron chi connectivity index (χ2n) is 4.23. The lowest BCUT2D eigenvalue weighted by Gasteiger charge is -2.05. The lowest BCUT2D eigenvalue weighted by atomic mass is 10.2. The van der Waals surface area contributed by atoms with Crippen LogP contribution in [0.2, 0.25) is 0 Å². The van der Waals surface area contributed by atoms with Gasteiger partial charge in [0, 0.05) is 16.0 Å². The van der Waals surface area contributed by atoms with E-state index in [1.165, 1.54) is 22.7 Å². The minimum atomic E-state index is -0.585. The van der Waals surface area contributed by atoms with Gasteiger partial charge in [0.05, 0.1) is 11.5 Å². The normalized spacial score (nSPS) is 10.1. The molecule has 0 aliphatic rings. The highest BCUT2D eigenvalue weighted by Crippen LogP contribution is 2.27. The third-order valence-corrected chi connectivity index (χ3v) is 4.03. The summed E-state index contributed by atoms with van der Waals surface area (Å²) in [6.45, 7) is 4.49. The Morgan fingerprint density at radius 1 is 1.55 bits per heavy atom. The van der Waals surface area contributed by atoms with Gasteiger partial charge in [-0.25, -0.2) is 4.98 Å². The summed E-state index contributed by atoms with van der Waals surface area (Å²) in [6, 6.07) is 5.18. The molecule has 2 heterocycles. The Hall–Kier alpha value is -2.46. The molecule has 6 nitrogen and oxygen atoms in total. The molecule has 0 aliphatic carbocycles. The Morgan fingerprint density at radius 3 is 2.85 bits per heavy atom. The van der Waals surface area contributed by atoms with E-state index in [1.54, 1.807) is 11.3 Å². The first-order valence-corrected chi connectivity index (χ1v) is 6.68. The summed E-state index contributed by atoms with van der Waals surface area (Å²) < 4.78 is 0. The van der Waals surface area contributed by atoms with Crippen molar-refractivity contribution in [2.45, 2.75) is 20.4 Å². The topological polar surface area (TPSA) is 91.8 Å². The number of hydrogen-bond donors (Lipinski definition) is 1. The summed E-state index contributed by atoms with van der Waals surface area (Å²) in [7, 11) is 0. The van der Waals surface area contributed by atoms with Crippen molar-refractivity contribution in [3.8, 4) is 6.07 Å². The van der Waals surface area contributed by atoms with Crippen LogP contribution in [0.5, 0.6) is 0 Å². The monoisotopic (exact) mass is 288 g/mol. The first-order valence-electron chi connectivity index (χ1n) is 5.86. The van der Waals surface area contributed by atoms with Crippen molar-refractivity contribution in [2.24, 2.45) is 0 Å². The number of nitro groups is 1. The van der Waals surface area contributed by atoms with Crippen molar-refractivity contribution in [1.82, 2.24) is 4.98 Å². The van der Waals surface area contributed by atoms with Crippen LogP contribution in [0.25, 0.3) is 0 Å². The number of aromatic nitrogens is 1. The molecule has 2 aromatic rings. The minimum absolute atomic E-state index is 0.00559. The van der Waals surface area contributed by atoms with Gasteiger partial charge in [0.2, 0.25) is 5.82 Å². The first-order chi connectivity index (χ1) is 9.52. The van der Waals surface area contributed by atoms with Crippen LogP contribution in [-0.2, 0) is 6.54 Å². The number of aryl methyl sites for hydroxylation is 2. The molecular weight excluding hydrogens is 276 g/mol. The van der Waals surface area contributed by atoms with Gasteiger partial charge < -0.3 is 5.32 Å². The number of rotatable bonds is 4. The number of nitrogens with one attached hydrogen (secondary N) is 1. The van der Waals surface area contributed by atoms with Crippen LogP contribution in [0.15, 0.2) is 18.3 Å². The molecule has 0 amide bonds. The van der Waals surface area contributed by atoms with E-state index in [9.17, 15) is 10.1 Å². The van der Waals surface area contributed by atoms with E-state index in [0.29, 0.717) is 6.54 Å². The van der Waals surface area contributed by atoms with Gasteiger partial charge in [-0.05, 0) is 31.5 Å². The number of pyridine rings is 1. The maximum Gasteiger partial charge on any atom is 0.328 e. The highest BCUT2D eigenvalue weighted by atomic mass is 32.1. The maximum atomic E-state index is 11.0. The summed E-state index contributed by atoms with van der Waals surface area (Å²) in [5, 5.41) is 22.9. The molecule has 7 heteroatoms. The van der Waals surface area contributed by atoms with Crippen LogP contribution < -0.4 is 5.32 Å². The summed E-state index contributed by atoms with van der Waals surface area (Å²) in [6.07, 6.45) is 1.39. The molecule has 20 heavy (non-hydrogen) atoms. The lowest BCUT2D eigenvalue weighted by Crippen LogP contribution is -2.05. The van der Waals surface area contributed by atoms with Crippen molar-refractivity contribution < 1.29 is 4.92 Å². The Balaban J connectivity index is 2.26. The fraction of sp³-hybridized carbons (Fsp3) is 0.231. The molecule has 0 bridgehead atoms. The number of hydrogen-bond acceptors (Lipinski definition) is 6. The molecule has 0 saturated carbocycles. The standard InChI is InChI=1S/C13H12N4O2S/c1-8-5-11(20-9(8)2)7-16-13-12(17(18)19)10(6-14)3-4-15-13/h3-5H,7H2,1-2H3,(H,15,16). The zero-order valence-corrected chi connectivity index (χ0v) is 11.8. The van der Waals surface area contributed by atoms with Crippen LogP contribution in [0.3, 0.4) is 0 Å². The Kier molecular flexibility index (Phi) is 3.96. The van der Waals surface area contributed by atoms with Crippen molar-refractivity contribution in [3.05, 3.63) is 49.3 Å². The molecular formula is C13H12N4O2S. The Bertz CT molecular complexity index is 683. The van der Waals surface area contributed by atoms with Gasteiger partial charge >= 0.3 is 5.69 Å². The van der Waals surface area contributed by atoms with E-state index in [4.69, 9.17) is 5.26 Å².